The van der Waals surface area contributed by atoms with Crippen molar-refractivity contribution in [3.8, 4) is 17.2 Å². The van der Waals surface area contributed by atoms with Crippen LogP contribution < -0.4 is 9.47 Å². The summed E-state index contributed by atoms with van der Waals surface area (Å²) in [6.07, 6.45) is 5.27. The molecule has 382 valence electrons. The van der Waals surface area contributed by atoms with Gasteiger partial charge in [0, 0.05) is 13.2 Å². The van der Waals surface area contributed by atoms with Crippen molar-refractivity contribution in [2.75, 3.05) is 6.61 Å². The lowest BCUT2D eigenvalue weighted by atomic mass is 9.74. The number of hydrogen-bond acceptors (Lipinski definition) is 9. The van der Waals surface area contributed by atoms with Gasteiger partial charge in [0.25, 0.3) is 0 Å². The average Bonchev–Trinajstić information content (AvgIpc) is 3.21. The van der Waals surface area contributed by atoms with Crippen molar-refractivity contribution in [1.29, 1.82) is 0 Å². The van der Waals surface area contributed by atoms with E-state index in [9.17, 15) is 5.11 Å². The molecule has 0 saturated carbocycles. The lowest BCUT2D eigenvalue weighted by Gasteiger charge is -2.46. The van der Waals surface area contributed by atoms with Crippen molar-refractivity contribution >= 4 is 34.5 Å². The van der Waals surface area contributed by atoms with Gasteiger partial charge in [0.1, 0.15) is 17.2 Å². The maximum absolute atomic E-state index is 10.1. The number of phenolic OH excluding ortho intramolecular Hbond substituents is 1. The van der Waals surface area contributed by atoms with Crippen molar-refractivity contribution in [2.24, 2.45) is 0 Å². The number of benzene rings is 4. The third kappa shape index (κ3) is 18.5. The van der Waals surface area contributed by atoms with E-state index in [0.717, 1.165) is 50.0 Å². The molecule has 6 unspecified atom stereocenters. The SMILES string of the molecule is CCC(CC(CC(CC(C)c1ccc(O)cc1)c1ccc(OC(C)OC(C)(C)C)cc1)c1ccc(C(C)(C)C)cc1)c1ccc(OC(C)CCCO[Si]2(C)O[Si](C)(C)O[Si](C)(C)O[Si](C)(C)O2)cc1. The quantitative estimate of drug-likeness (QED) is 0.0497. The summed E-state index contributed by atoms with van der Waals surface area (Å²) in [5.41, 5.74) is 6.34. The molecule has 6 atom stereocenters. The van der Waals surface area contributed by atoms with Gasteiger partial charge in [-0.05, 0) is 206 Å². The topological polar surface area (TPSA) is 94.1 Å². The normalized spacial score (nSPS) is 19.6. The van der Waals surface area contributed by atoms with Gasteiger partial charge in [0.05, 0.1) is 11.7 Å². The zero-order chi connectivity index (χ0) is 51.0. The summed E-state index contributed by atoms with van der Waals surface area (Å²) in [5.74, 6) is 3.16. The second-order valence-electron chi connectivity index (χ2n) is 23.0. The standard InChI is InChI=1S/C56H88O9Si4/c1-18-44(46-25-33-53(34-26-46)59-42(3)20-19-37-58-69(17)64-67(13,14)62-66(11,12)63-68(15,16)65-69)39-50(47-21-29-51(30-22-47)55(5,6)7)40-49(38-41(2)45-23-31-52(57)32-24-45)48-27-35-54(36-28-48)60-43(4)61-56(8,9)10/h21-36,41-44,49-50,57H,18-20,37-40H2,1-17H3. The van der Waals surface area contributed by atoms with Crippen LogP contribution >= 0.6 is 0 Å². The molecule has 1 saturated heterocycles. The monoisotopic (exact) mass is 1020 g/mol. The van der Waals surface area contributed by atoms with E-state index >= 15 is 0 Å². The van der Waals surface area contributed by atoms with Crippen molar-refractivity contribution in [3.05, 3.63) is 125 Å². The maximum atomic E-state index is 10.1. The highest BCUT2D eigenvalue weighted by molar-refractivity contribution is 6.91. The molecule has 1 fully saturated rings. The Morgan fingerprint density at radius 2 is 0.971 bits per heavy atom. The first-order valence-electron chi connectivity index (χ1n) is 25.6. The van der Waals surface area contributed by atoms with Crippen molar-refractivity contribution < 1.29 is 40.2 Å². The van der Waals surface area contributed by atoms with Gasteiger partial charge < -0.3 is 40.2 Å². The van der Waals surface area contributed by atoms with E-state index in [0.29, 0.717) is 24.2 Å². The van der Waals surface area contributed by atoms with Gasteiger partial charge in [0.15, 0.2) is 6.29 Å². The van der Waals surface area contributed by atoms with Gasteiger partial charge in [-0.2, -0.15) is 0 Å². The molecule has 0 aliphatic carbocycles. The van der Waals surface area contributed by atoms with Gasteiger partial charge in [-0.15, -0.1) is 0 Å². The van der Waals surface area contributed by atoms with Gasteiger partial charge >= 0.3 is 34.5 Å². The molecule has 69 heavy (non-hydrogen) atoms. The summed E-state index contributed by atoms with van der Waals surface area (Å²) in [7, 11) is -10.4. The third-order valence-electron chi connectivity index (χ3n) is 12.8. The molecule has 0 bridgehead atoms. The molecule has 1 aliphatic rings. The van der Waals surface area contributed by atoms with E-state index in [-0.39, 0.29) is 35.2 Å². The predicted molar refractivity (Wildman–Crippen MR) is 292 cm³/mol. The fourth-order valence-electron chi connectivity index (χ4n) is 10.1. The summed E-state index contributed by atoms with van der Waals surface area (Å²) in [6, 6.07) is 34.7. The number of hydrogen-bond donors (Lipinski definition) is 1. The van der Waals surface area contributed by atoms with Crippen LogP contribution in [0.5, 0.6) is 17.2 Å². The fraction of sp³-hybridized carbons (Fsp3) is 0.571. The second kappa shape index (κ2) is 23.6. The fourth-order valence-corrected chi connectivity index (χ4v) is 29.8. The van der Waals surface area contributed by atoms with Crippen molar-refractivity contribution in [1.82, 2.24) is 0 Å². The highest BCUT2D eigenvalue weighted by Crippen LogP contribution is 2.43. The first-order chi connectivity index (χ1) is 32.0. The van der Waals surface area contributed by atoms with Crippen LogP contribution in [0.15, 0.2) is 97.1 Å². The first kappa shape index (κ1) is 56.8. The van der Waals surface area contributed by atoms with Crippen LogP contribution in [-0.4, -0.2) is 64.2 Å². The van der Waals surface area contributed by atoms with Crippen LogP contribution in [0.25, 0.3) is 0 Å². The molecule has 4 aromatic carbocycles. The van der Waals surface area contributed by atoms with Crippen LogP contribution in [0.1, 0.15) is 159 Å². The minimum atomic E-state index is -2.99. The lowest BCUT2D eigenvalue weighted by molar-refractivity contribution is -0.140. The molecule has 1 N–H and O–H groups in total. The Labute approximate surface area is 422 Å². The molecular weight excluding hydrogens is 929 g/mol. The van der Waals surface area contributed by atoms with E-state index in [1.807, 2.05) is 34.2 Å². The number of phenols is 1. The average molecular weight is 1020 g/mol. The smallest absolute Gasteiger partial charge is 0.479 e. The van der Waals surface area contributed by atoms with E-state index < -0.39 is 34.5 Å². The van der Waals surface area contributed by atoms with Crippen LogP contribution in [0, 0.1) is 0 Å². The molecule has 0 spiro atoms. The van der Waals surface area contributed by atoms with E-state index in [4.69, 9.17) is 35.1 Å². The zero-order valence-electron chi connectivity index (χ0n) is 45.4. The Morgan fingerprint density at radius 3 is 1.46 bits per heavy atom. The molecule has 0 aromatic heterocycles. The zero-order valence-corrected chi connectivity index (χ0v) is 49.4. The molecule has 1 heterocycles. The Kier molecular flexibility index (Phi) is 19.5. The molecule has 0 radical (unpaired) electrons. The Morgan fingerprint density at radius 1 is 0.536 bits per heavy atom. The lowest BCUT2D eigenvalue weighted by Crippen LogP contribution is -2.66. The number of aromatic hydroxyl groups is 1. The summed E-state index contributed by atoms with van der Waals surface area (Å²) < 4.78 is 51.4. The van der Waals surface area contributed by atoms with E-state index in [2.05, 4.69) is 166 Å². The predicted octanol–water partition coefficient (Wildman–Crippen LogP) is 15.6. The molecule has 9 nitrogen and oxygen atoms in total. The number of rotatable bonds is 21. The van der Waals surface area contributed by atoms with Crippen LogP contribution in [0.4, 0.5) is 0 Å². The van der Waals surface area contributed by atoms with Gasteiger partial charge in [-0.1, -0.05) is 95.3 Å². The van der Waals surface area contributed by atoms with Gasteiger partial charge in [0.2, 0.25) is 0 Å². The van der Waals surface area contributed by atoms with Crippen LogP contribution in [0.3, 0.4) is 0 Å². The summed E-state index contributed by atoms with van der Waals surface area (Å²) >= 11 is 0. The highest BCUT2D eigenvalue weighted by Gasteiger charge is 2.54. The van der Waals surface area contributed by atoms with E-state index in [1.54, 1.807) is 12.1 Å². The summed E-state index contributed by atoms with van der Waals surface area (Å²) in [6.45, 7) is 36.5. The van der Waals surface area contributed by atoms with Crippen molar-refractivity contribution in [2.45, 2.75) is 201 Å². The molecule has 5 rings (SSSR count). The second-order valence-corrected chi connectivity index (χ2v) is 36.7. The largest absolute Gasteiger partial charge is 0.508 e. The van der Waals surface area contributed by atoms with Crippen LogP contribution in [-0.2, 0) is 31.0 Å². The first-order valence-corrected chi connectivity index (χ1v) is 36.2. The Balaban J connectivity index is 1.31. The minimum Gasteiger partial charge on any atom is -0.508 e. The Hall–Kier alpha value is -3.09. The molecule has 4 aromatic rings. The van der Waals surface area contributed by atoms with E-state index in [1.165, 1.54) is 27.8 Å². The summed E-state index contributed by atoms with van der Waals surface area (Å²) in [4.78, 5) is 0. The molecule has 0 amide bonds. The highest BCUT2D eigenvalue weighted by atomic mass is 28.5. The van der Waals surface area contributed by atoms with Crippen LogP contribution in [0.2, 0.25) is 45.8 Å². The molecule has 13 heteroatoms. The summed E-state index contributed by atoms with van der Waals surface area (Å²) in [5, 5.41) is 10.1. The minimum absolute atomic E-state index is 0.00682. The third-order valence-corrected chi connectivity index (χ3v) is 28.3. The molecular formula is C56H88O9Si4. The van der Waals surface area contributed by atoms with Crippen molar-refractivity contribution in [3.63, 3.8) is 0 Å². The Bertz CT molecular complexity index is 2140. The molecule has 1 aliphatic heterocycles. The number of ether oxygens (including phenoxy) is 3. The van der Waals surface area contributed by atoms with Gasteiger partial charge in [-0.3, -0.25) is 0 Å². The van der Waals surface area contributed by atoms with Gasteiger partial charge in [-0.25, -0.2) is 0 Å². The maximum Gasteiger partial charge on any atom is 0.479 e.